The van der Waals surface area contributed by atoms with Crippen molar-refractivity contribution in [1.29, 1.82) is 0 Å². The fourth-order valence-electron chi connectivity index (χ4n) is 2.29. The second kappa shape index (κ2) is 5.30. The van der Waals surface area contributed by atoms with Crippen LogP contribution in [0.3, 0.4) is 0 Å². The van der Waals surface area contributed by atoms with Gasteiger partial charge in [-0.1, -0.05) is 13.3 Å². The van der Waals surface area contributed by atoms with Crippen LogP contribution < -0.4 is 11.3 Å². The minimum atomic E-state index is -0.307. The zero-order valence-corrected chi connectivity index (χ0v) is 10.4. The van der Waals surface area contributed by atoms with Gasteiger partial charge in [0.1, 0.15) is 5.69 Å². The number of nitrogens with zero attached hydrogens (tertiary/aromatic N) is 2. The van der Waals surface area contributed by atoms with Crippen LogP contribution in [0.15, 0.2) is 16.9 Å². The van der Waals surface area contributed by atoms with Crippen LogP contribution in [0.25, 0.3) is 0 Å². The van der Waals surface area contributed by atoms with Gasteiger partial charge in [0.05, 0.1) is 0 Å². The van der Waals surface area contributed by atoms with E-state index in [1.807, 2.05) is 0 Å². The highest BCUT2D eigenvalue weighted by Crippen LogP contribution is 2.19. The third-order valence-electron chi connectivity index (χ3n) is 3.50. The van der Waals surface area contributed by atoms with Crippen LogP contribution in [-0.4, -0.2) is 40.1 Å². The lowest BCUT2D eigenvalue weighted by atomic mass is 9.90. The maximum atomic E-state index is 12.2. The summed E-state index contributed by atoms with van der Waals surface area (Å²) < 4.78 is 0. The Hall–Kier alpha value is -1.69. The lowest BCUT2D eigenvalue weighted by Gasteiger charge is -2.36. The number of aromatic amines is 1. The van der Waals surface area contributed by atoms with Crippen LogP contribution in [0.4, 0.5) is 0 Å². The first-order valence-electron chi connectivity index (χ1n) is 6.22. The van der Waals surface area contributed by atoms with Gasteiger partial charge >= 0.3 is 0 Å². The van der Waals surface area contributed by atoms with E-state index in [1.165, 1.54) is 12.1 Å². The van der Waals surface area contributed by atoms with Gasteiger partial charge in [-0.15, -0.1) is 0 Å². The molecule has 2 atom stereocenters. The first-order chi connectivity index (χ1) is 8.61. The Bertz CT molecular complexity index is 465. The highest BCUT2D eigenvalue weighted by molar-refractivity contribution is 5.92. The number of aromatic nitrogens is 2. The molecule has 6 nitrogen and oxygen atoms in total. The molecule has 0 radical (unpaired) electrons. The van der Waals surface area contributed by atoms with E-state index in [1.54, 1.807) is 4.90 Å². The average molecular weight is 250 g/mol. The molecule has 1 saturated heterocycles. The molecule has 1 aromatic rings. The molecule has 98 valence electrons. The molecule has 1 fully saturated rings. The molecule has 2 heterocycles. The zero-order valence-electron chi connectivity index (χ0n) is 10.4. The molecule has 6 heteroatoms. The number of piperidine rings is 1. The molecule has 0 aliphatic carbocycles. The number of likely N-dealkylation sites (tertiary alicyclic amines) is 1. The summed E-state index contributed by atoms with van der Waals surface area (Å²) in [7, 11) is 0. The van der Waals surface area contributed by atoms with E-state index in [2.05, 4.69) is 17.1 Å². The molecule has 1 aliphatic heterocycles. The quantitative estimate of drug-likeness (QED) is 0.771. The van der Waals surface area contributed by atoms with Crippen LogP contribution >= 0.6 is 0 Å². The van der Waals surface area contributed by atoms with Crippen molar-refractivity contribution in [1.82, 2.24) is 15.1 Å². The summed E-state index contributed by atoms with van der Waals surface area (Å²) in [6.07, 6.45) is 1.78. The topological polar surface area (TPSA) is 92.1 Å². The fraction of sp³-hybridized carbons (Fsp3) is 0.583. The lowest BCUT2D eigenvalue weighted by Crippen LogP contribution is -2.49. The Balaban J connectivity index is 2.10. The number of hydrogen-bond donors (Lipinski definition) is 2. The molecular formula is C12H18N4O2. The van der Waals surface area contributed by atoms with Crippen molar-refractivity contribution in [3.05, 3.63) is 28.2 Å². The number of amides is 1. The van der Waals surface area contributed by atoms with Crippen LogP contribution in [0, 0.1) is 5.92 Å². The number of carbonyl (C=O) groups is 1. The van der Waals surface area contributed by atoms with Gasteiger partial charge in [0.2, 0.25) is 0 Å². The largest absolute Gasteiger partial charge is 0.337 e. The normalized spacial score (nSPS) is 24.0. The van der Waals surface area contributed by atoms with E-state index in [4.69, 9.17) is 5.73 Å². The molecule has 18 heavy (non-hydrogen) atoms. The van der Waals surface area contributed by atoms with E-state index < -0.39 is 0 Å². The number of nitrogens with two attached hydrogens (primary N) is 1. The first kappa shape index (κ1) is 12.8. The second-order valence-electron chi connectivity index (χ2n) is 4.68. The van der Waals surface area contributed by atoms with E-state index >= 15 is 0 Å². The fourth-order valence-corrected chi connectivity index (χ4v) is 2.29. The first-order valence-corrected chi connectivity index (χ1v) is 6.22. The van der Waals surface area contributed by atoms with Crippen molar-refractivity contribution in [3.8, 4) is 0 Å². The van der Waals surface area contributed by atoms with Crippen LogP contribution in [0.1, 0.15) is 30.3 Å². The molecule has 0 bridgehead atoms. The molecule has 0 spiro atoms. The molecule has 1 aromatic heterocycles. The van der Waals surface area contributed by atoms with Crippen LogP contribution in [0.2, 0.25) is 0 Å². The molecule has 3 N–H and O–H groups in total. The number of hydrogen-bond acceptors (Lipinski definition) is 4. The van der Waals surface area contributed by atoms with Gasteiger partial charge < -0.3 is 10.6 Å². The Morgan fingerprint density at radius 3 is 3.00 bits per heavy atom. The maximum Gasteiger partial charge on any atom is 0.274 e. The van der Waals surface area contributed by atoms with Crippen LogP contribution in [0.5, 0.6) is 0 Å². The molecule has 1 amide bonds. The molecular weight excluding hydrogens is 232 g/mol. The van der Waals surface area contributed by atoms with Gasteiger partial charge in [0, 0.05) is 25.2 Å². The van der Waals surface area contributed by atoms with E-state index in [9.17, 15) is 9.59 Å². The van der Waals surface area contributed by atoms with Gasteiger partial charge in [0.15, 0.2) is 0 Å². The lowest BCUT2D eigenvalue weighted by molar-refractivity contribution is 0.0642. The molecule has 1 aliphatic rings. The SMILES string of the molecule is CCC1CN(C(=O)c2ccc(=O)[nH]n2)CCC1N. The smallest absolute Gasteiger partial charge is 0.274 e. The maximum absolute atomic E-state index is 12.2. The summed E-state index contributed by atoms with van der Waals surface area (Å²) >= 11 is 0. The van der Waals surface area contributed by atoms with Crippen molar-refractivity contribution in [2.75, 3.05) is 13.1 Å². The summed E-state index contributed by atoms with van der Waals surface area (Å²) in [6, 6.07) is 2.94. The monoisotopic (exact) mass is 250 g/mol. The van der Waals surface area contributed by atoms with Gasteiger partial charge in [0.25, 0.3) is 11.5 Å². The van der Waals surface area contributed by atoms with Gasteiger partial charge in [-0.3, -0.25) is 9.59 Å². The predicted octanol–water partition coefficient (Wildman–Crippen LogP) is -0.0307. The van der Waals surface area contributed by atoms with Crippen molar-refractivity contribution in [2.24, 2.45) is 11.7 Å². The van der Waals surface area contributed by atoms with E-state index in [0.29, 0.717) is 19.0 Å². The number of rotatable bonds is 2. The van der Waals surface area contributed by atoms with Crippen molar-refractivity contribution >= 4 is 5.91 Å². The van der Waals surface area contributed by atoms with E-state index in [-0.39, 0.29) is 23.2 Å². The van der Waals surface area contributed by atoms with Crippen molar-refractivity contribution < 1.29 is 4.79 Å². The third kappa shape index (κ3) is 2.59. The van der Waals surface area contributed by atoms with Gasteiger partial charge in [-0.2, -0.15) is 5.10 Å². The summed E-state index contributed by atoms with van der Waals surface area (Å²) in [5.41, 5.74) is 5.98. The Kier molecular flexibility index (Phi) is 3.76. The zero-order chi connectivity index (χ0) is 13.1. The summed E-state index contributed by atoms with van der Waals surface area (Å²) in [5, 5.41) is 6.04. The summed E-state index contributed by atoms with van der Waals surface area (Å²) in [4.78, 5) is 24.8. The molecule has 0 aromatic carbocycles. The van der Waals surface area contributed by atoms with Crippen molar-refractivity contribution in [2.45, 2.75) is 25.8 Å². The van der Waals surface area contributed by atoms with Crippen LogP contribution in [-0.2, 0) is 0 Å². The average Bonchev–Trinajstić information content (AvgIpc) is 2.39. The predicted molar refractivity (Wildman–Crippen MR) is 67.1 cm³/mol. The van der Waals surface area contributed by atoms with E-state index in [0.717, 1.165) is 12.8 Å². The number of H-pyrrole nitrogens is 1. The van der Waals surface area contributed by atoms with Gasteiger partial charge in [-0.25, -0.2) is 5.10 Å². The Morgan fingerprint density at radius 2 is 2.39 bits per heavy atom. The highest BCUT2D eigenvalue weighted by Gasteiger charge is 2.29. The minimum absolute atomic E-state index is 0.142. The Morgan fingerprint density at radius 1 is 1.61 bits per heavy atom. The summed E-state index contributed by atoms with van der Waals surface area (Å²) in [5.74, 6) is 0.196. The third-order valence-corrected chi connectivity index (χ3v) is 3.50. The minimum Gasteiger partial charge on any atom is -0.337 e. The highest BCUT2D eigenvalue weighted by atomic mass is 16.2. The number of carbonyl (C=O) groups excluding carboxylic acids is 1. The molecule has 2 unspecified atom stereocenters. The van der Waals surface area contributed by atoms with Crippen molar-refractivity contribution in [3.63, 3.8) is 0 Å². The standard InChI is InChI=1S/C12H18N4O2/c1-2-8-7-16(6-5-9(8)13)12(18)10-3-4-11(17)15-14-10/h3-4,8-9H,2,5-7,13H2,1H3,(H,15,17). The number of nitrogens with one attached hydrogen (secondary N) is 1. The molecule has 0 saturated carbocycles. The second-order valence-corrected chi connectivity index (χ2v) is 4.68. The summed E-state index contributed by atoms with van der Waals surface area (Å²) in [6.45, 7) is 3.39. The Labute approximate surface area is 105 Å². The molecule has 2 rings (SSSR count). The van der Waals surface area contributed by atoms with Gasteiger partial charge in [-0.05, 0) is 18.4 Å².